The Labute approximate surface area is 119 Å². The molecule has 0 radical (unpaired) electrons. The molecule has 0 aromatic heterocycles. The van der Waals surface area contributed by atoms with Gasteiger partial charge in [-0.15, -0.1) is 0 Å². The summed E-state index contributed by atoms with van der Waals surface area (Å²) in [5, 5.41) is 2.19. The lowest BCUT2D eigenvalue weighted by molar-refractivity contribution is 0.412. The third-order valence-corrected chi connectivity index (χ3v) is 4.33. The second-order valence-electron chi connectivity index (χ2n) is 4.39. The molecule has 2 aliphatic heterocycles. The van der Waals surface area contributed by atoms with Crippen LogP contribution in [-0.2, 0) is 28.6 Å². The van der Waals surface area contributed by atoms with Crippen LogP contribution in [0.15, 0.2) is 45.6 Å². The predicted octanol–water partition coefficient (Wildman–Crippen LogP) is 2.31. The first kappa shape index (κ1) is 16.5. The van der Waals surface area contributed by atoms with Crippen LogP contribution in [0.5, 0.6) is 0 Å². The quantitative estimate of drug-likeness (QED) is 0.637. The third kappa shape index (κ3) is 5.62. The van der Waals surface area contributed by atoms with E-state index in [1.807, 2.05) is 0 Å². The molecular formula is C12H16O6S2. The third-order valence-electron chi connectivity index (χ3n) is 2.02. The van der Waals surface area contributed by atoms with Gasteiger partial charge in [-0.05, 0) is 51.0 Å². The fourth-order valence-corrected chi connectivity index (χ4v) is 3.60. The summed E-state index contributed by atoms with van der Waals surface area (Å²) in [5.41, 5.74) is 1.40. The Kier molecular flexibility index (Phi) is 4.82. The van der Waals surface area contributed by atoms with Crippen LogP contribution in [0.4, 0.5) is 0 Å². The molecule has 0 aliphatic carbocycles. The Morgan fingerprint density at radius 2 is 1.00 bits per heavy atom. The Balaban J connectivity index is 0.000000200. The molecule has 0 amide bonds. The van der Waals surface area contributed by atoms with Crippen LogP contribution >= 0.6 is 0 Å². The summed E-state index contributed by atoms with van der Waals surface area (Å²) >= 11 is 0. The molecule has 112 valence electrons. The monoisotopic (exact) mass is 320 g/mol. The Hall–Kier alpha value is -1.54. The van der Waals surface area contributed by atoms with Crippen LogP contribution in [-0.4, -0.2) is 16.8 Å². The van der Waals surface area contributed by atoms with Crippen molar-refractivity contribution in [1.82, 2.24) is 0 Å². The van der Waals surface area contributed by atoms with Gasteiger partial charge in [-0.1, -0.05) is 0 Å². The van der Waals surface area contributed by atoms with Crippen molar-refractivity contribution in [2.75, 3.05) is 0 Å². The SMILES string of the molecule is CC1=CS(=O)(=O)OC(C)=C1.CC1=CS(=O)(=O)OC(C)=C1. The van der Waals surface area contributed by atoms with Gasteiger partial charge in [-0.2, -0.15) is 16.8 Å². The lowest BCUT2D eigenvalue weighted by Crippen LogP contribution is -2.04. The normalized spacial score (nSPS) is 22.6. The lowest BCUT2D eigenvalue weighted by Gasteiger charge is -2.08. The summed E-state index contributed by atoms with van der Waals surface area (Å²) < 4.78 is 51.9. The van der Waals surface area contributed by atoms with Gasteiger partial charge >= 0.3 is 20.2 Å². The molecule has 0 N–H and O–H groups in total. The molecule has 0 aromatic carbocycles. The van der Waals surface area contributed by atoms with Gasteiger partial charge in [0.1, 0.15) is 11.5 Å². The van der Waals surface area contributed by atoms with E-state index in [-0.39, 0.29) is 0 Å². The van der Waals surface area contributed by atoms with Crippen molar-refractivity contribution in [2.45, 2.75) is 27.7 Å². The minimum atomic E-state index is -3.41. The van der Waals surface area contributed by atoms with E-state index in [9.17, 15) is 16.8 Å². The molecule has 6 nitrogen and oxygen atoms in total. The summed E-state index contributed by atoms with van der Waals surface area (Å²) in [4.78, 5) is 0. The second-order valence-corrected chi connectivity index (χ2v) is 7.16. The van der Waals surface area contributed by atoms with Gasteiger partial charge in [0.15, 0.2) is 0 Å². The van der Waals surface area contributed by atoms with E-state index in [0.29, 0.717) is 22.7 Å². The van der Waals surface area contributed by atoms with Crippen molar-refractivity contribution < 1.29 is 25.2 Å². The maximum absolute atomic E-state index is 10.7. The zero-order chi connectivity index (χ0) is 15.6. The van der Waals surface area contributed by atoms with Gasteiger partial charge < -0.3 is 8.37 Å². The summed E-state index contributed by atoms with van der Waals surface area (Å²) in [7, 11) is -6.82. The second kappa shape index (κ2) is 5.84. The number of allylic oxidation sites excluding steroid dienone is 6. The smallest absolute Gasteiger partial charge is 0.332 e. The van der Waals surface area contributed by atoms with Crippen molar-refractivity contribution in [3.05, 3.63) is 45.6 Å². The molecule has 0 unspecified atom stereocenters. The summed E-state index contributed by atoms with van der Waals surface area (Å²) in [5.74, 6) is 0.833. The standard InChI is InChI=1S/2C6H8O3S/c2*1-5-3-6(2)9-10(7,8)4-5/h2*3-4H,1-2H3. The van der Waals surface area contributed by atoms with Gasteiger partial charge in [0, 0.05) is 0 Å². The molecule has 2 aliphatic rings. The highest BCUT2D eigenvalue weighted by Crippen LogP contribution is 2.16. The van der Waals surface area contributed by atoms with Gasteiger partial charge in [-0.25, -0.2) is 0 Å². The van der Waals surface area contributed by atoms with Crippen LogP contribution in [0.2, 0.25) is 0 Å². The van der Waals surface area contributed by atoms with Crippen molar-refractivity contribution in [1.29, 1.82) is 0 Å². The molecule has 0 spiro atoms. The van der Waals surface area contributed by atoms with Crippen molar-refractivity contribution in [3.8, 4) is 0 Å². The zero-order valence-corrected chi connectivity index (χ0v) is 13.2. The largest absolute Gasteiger partial charge is 0.384 e. The molecule has 8 heteroatoms. The first-order valence-electron chi connectivity index (χ1n) is 5.61. The first-order valence-corrected chi connectivity index (χ1v) is 8.55. The summed E-state index contributed by atoms with van der Waals surface area (Å²) in [6, 6.07) is 0. The van der Waals surface area contributed by atoms with Gasteiger partial charge in [0.25, 0.3) is 0 Å². The predicted molar refractivity (Wildman–Crippen MR) is 75.0 cm³/mol. The Morgan fingerprint density at radius 1 is 0.700 bits per heavy atom. The van der Waals surface area contributed by atoms with Crippen LogP contribution in [0.25, 0.3) is 0 Å². The maximum atomic E-state index is 10.7. The Morgan fingerprint density at radius 3 is 1.20 bits per heavy atom. The van der Waals surface area contributed by atoms with Crippen molar-refractivity contribution in [2.24, 2.45) is 0 Å². The lowest BCUT2D eigenvalue weighted by atomic mass is 10.3. The van der Waals surface area contributed by atoms with Crippen LogP contribution < -0.4 is 0 Å². The summed E-state index contributed by atoms with van der Waals surface area (Å²) in [6.45, 7) is 6.63. The van der Waals surface area contributed by atoms with E-state index < -0.39 is 20.2 Å². The first-order chi connectivity index (χ1) is 8.99. The maximum Gasteiger partial charge on any atom is 0.332 e. The van der Waals surface area contributed by atoms with Crippen LogP contribution in [0.3, 0.4) is 0 Å². The van der Waals surface area contributed by atoms with Crippen molar-refractivity contribution in [3.63, 3.8) is 0 Å². The zero-order valence-electron chi connectivity index (χ0n) is 11.6. The van der Waals surface area contributed by atoms with Crippen LogP contribution in [0.1, 0.15) is 27.7 Å². The van der Waals surface area contributed by atoms with E-state index >= 15 is 0 Å². The highest BCUT2D eigenvalue weighted by atomic mass is 32.2. The van der Waals surface area contributed by atoms with Crippen molar-refractivity contribution >= 4 is 20.2 Å². The fraction of sp³-hybridized carbons (Fsp3) is 0.333. The van der Waals surface area contributed by atoms with Crippen LogP contribution in [0, 0.1) is 0 Å². The van der Waals surface area contributed by atoms with E-state index in [0.717, 1.165) is 10.8 Å². The van der Waals surface area contributed by atoms with E-state index in [4.69, 9.17) is 0 Å². The molecule has 2 heterocycles. The highest BCUT2D eigenvalue weighted by Gasteiger charge is 2.13. The van der Waals surface area contributed by atoms with E-state index in [1.165, 1.54) is 0 Å². The molecule has 0 bridgehead atoms. The topological polar surface area (TPSA) is 86.7 Å². The summed E-state index contributed by atoms with van der Waals surface area (Å²) in [6.07, 6.45) is 3.34. The number of rotatable bonds is 0. The average Bonchev–Trinajstić information content (AvgIpc) is 2.08. The fourth-order valence-electron chi connectivity index (χ4n) is 1.63. The number of hydrogen-bond donors (Lipinski definition) is 0. The minimum absolute atomic E-state index is 0.417. The van der Waals surface area contributed by atoms with E-state index in [2.05, 4.69) is 8.37 Å². The molecule has 0 aromatic rings. The minimum Gasteiger partial charge on any atom is -0.384 e. The molecule has 0 fully saturated rings. The molecule has 0 atom stereocenters. The molecular weight excluding hydrogens is 304 g/mol. The molecule has 0 saturated heterocycles. The molecule has 2 rings (SSSR count). The molecule has 20 heavy (non-hydrogen) atoms. The van der Waals surface area contributed by atoms with E-state index in [1.54, 1.807) is 39.8 Å². The molecule has 0 saturated carbocycles. The van der Waals surface area contributed by atoms with Gasteiger partial charge in [0.05, 0.1) is 10.8 Å². The average molecular weight is 320 g/mol. The van der Waals surface area contributed by atoms with Gasteiger partial charge in [0.2, 0.25) is 0 Å². The highest BCUT2D eigenvalue weighted by molar-refractivity contribution is 7.90. The Bertz CT molecular complexity index is 654. The number of hydrogen-bond acceptors (Lipinski definition) is 6. The van der Waals surface area contributed by atoms with Gasteiger partial charge in [-0.3, -0.25) is 0 Å².